The third-order valence-corrected chi connectivity index (χ3v) is 6.53. The van der Waals surface area contributed by atoms with Crippen molar-refractivity contribution < 1.29 is 14.3 Å². The van der Waals surface area contributed by atoms with Gasteiger partial charge >= 0.3 is 0 Å². The molecule has 1 aliphatic carbocycles. The first-order valence-electron chi connectivity index (χ1n) is 12.1. The summed E-state index contributed by atoms with van der Waals surface area (Å²) in [7, 11) is 0. The highest BCUT2D eigenvalue weighted by atomic mass is 16.5. The van der Waals surface area contributed by atoms with Crippen molar-refractivity contribution in [2.45, 2.75) is 0 Å². The first-order chi connectivity index (χ1) is 18.5. The number of fused-ring (bicyclic) bond motifs is 2. The standard InChI is InChI=1S/C32H23N3O3/c33-20-5-9-22(10-6-20)35(23-11-7-21(34)8-12-23)24-13-15-25(16-14-24)38-26-17-18-29-30(19-26)32(37)28-4-2-1-3-27(28)31(29)36/h1-19H,33-34H2. The largest absolute Gasteiger partial charge is 0.457 e. The average molecular weight is 498 g/mol. The van der Waals surface area contributed by atoms with E-state index in [0.29, 0.717) is 45.1 Å². The van der Waals surface area contributed by atoms with Crippen LogP contribution < -0.4 is 21.1 Å². The molecule has 4 N–H and O–H groups in total. The van der Waals surface area contributed by atoms with E-state index >= 15 is 0 Å². The molecule has 1 aliphatic rings. The predicted molar refractivity (Wildman–Crippen MR) is 150 cm³/mol. The summed E-state index contributed by atoms with van der Waals surface area (Å²) in [6.45, 7) is 0. The molecule has 0 fully saturated rings. The van der Waals surface area contributed by atoms with Crippen LogP contribution in [0.3, 0.4) is 0 Å². The van der Waals surface area contributed by atoms with Crippen LogP contribution in [0.4, 0.5) is 28.4 Å². The summed E-state index contributed by atoms with van der Waals surface area (Å²) in [5, 5.41) is 0. The second-order valence-electron chi connectivity index (χ2n) is 9.03. The van der Waals surface area contributed by atoms with Gasteiger partial charge in [0.1, 0.15) is 11.5 Å². The van der Waals surface area contributed by atoms with Gasteiger partial charge in [0.15, 0.2) is 11.6 Å². The molecule has 0 bridgehead atoms. The second kappa shape index (κ2) is 9.26. The Morgan fingerprint density at radius 3 is 1.42 bits per heavy atom. The number of ketones is 2. The van der Waals surface area contributed by atoms with Gasteiger partial charge in [0.05, 0.1) is 0 Å². The van der Waals surface area contributed by atoms with Gasteiger partial charge in [-0.05, 0) is 91.0 Å². The van der Waals surface area contributed by atoms with E-state index in [-0.39, 0.29) is 11.6 Å². The monoisotopic (exact) mass is 497 g/mol. The maximum Gasteiger partial charge on any atom is 0.194 e. The molecular formula is C32H23N3O3. The smallest absolute Gasteiger partial charge is 0.194 e. The number of rotatable bonds is 5. The number of benzene rings is 5. The number of hydrogen-bond donors (Lipinski definition) is 2. The first-order valence-corrected chi connectivity index (χ1v) is 12.1. The summed E-state index contributed by atoms with van der Waals surface area (Å²) in [5.41, 5.74) is 17.6. The molecule has 0 heterocycles. The summed E-state index contributed by atoms with van der Waals surface area (Å²) in [6.07, 6.45) is 0. The van der Waals surface area contributed by atoms with Gasteiger partial charge in [-0.3, -0.25) is 9.59 Å². The van der Waals surface area contributed by atoms with Crippen molar-refractivity contribution in [2.24, 2.45) is 0 Å². The molecule has 0 unspecified atom stereocenters. The molecule has 6 rings (SSSR count). The fourth-order valence-corrected chi connectivity index (χ4v) is 4.64. The van der Waals surface area contributed by atoms with E-state index in [9.17, 15) is 9.59 Å². The van der Waals surface area contributed by atoms with Crippen LogP contribution in [0.15, 0.2) is 115 Å². The van der Waals surface area contributed by atoms with E-state index < -0.39 is 0 Å². The molecule has 0 saturated heterocycles. The van der Waals surface area contributed by atoms with Crippen LogP contribution in [0.5, 0.6) is 11.5 Å². The number of ether oxygens (including phenoxy) is 1. The fraction of sp³-hybridized carbons (Fsp3) is 0. The number of anilines is 5. The molecule has 0 atom stereocenters. The minimum atomic E-state index is -0.182. The predicted octanol–water partition coefficient (Wildman–Crippen LogP) is 6.89. The normalized spacial score (nSPS) is 12.0. The van der Waals surface area contributed by atoms with Crippen molar-refractivity contribution in [1.29, 1.82) is 0 Å². The summed E-state index contributed by atoms with van der Waals surface area (Å²) < 4.78 is 6.08. The van der Waals surface area contributed by atoms with E-state index in [2.05, 4.69) is 4.90 Å². The van der Waals surface area contributed by atoms with Crippen LogP contribution in [-0.4, -0.2) is 11.6 Å². The molecule has 6 nitrogen and oxygen atoms in total. The van der Waals surface area contributed by atoms with E-state index in [0.717, 1.165) is 17.1 Å². The van der Waals surface area contributed by atoms with E-state index in [4.69, 9.17) is 16.2 Å². The Morgan fingerprint density at radius 1 is 0.474 bits per heavy atom. The Kier molecular flexibility index (Phi) is 5.62. The molecule has 0 spiro atoms. The Bertz CT molecular complexity index is 1630. The molecule has 0 saturated carbocycles. The maximum absolute atomic E-state index is 13.1. The molecule has 5 aromatic rings. The highest BCUT2D eigenvalue weighted by Crippen LogP contribution is 2.37. The molecule has 5 aromatic carbocycles. The van der Waals surface area contributed by atoms with E-state index in [1.165, 1.54) is 0 Å². The van der Waals surface area contributed by atoms with Gasteiger partial charge in [0, 0.05) is 50.7 Å². The van der Waals surface area contributed by atoms with Crippen molar-refractivity contribution in [2.75, 3.05) is 16.4 Å². The van der Waals surface area contributed by atoms with Gasteiger partial charge < -0.3 is 21.1 Å². The molecule has 0 radical (unpaired) electrons. The van der Waals surface area contributed by atoms with Crippen molar-refractivity contribution in [3.05, 3.63) is 138 Å². The summed E-state index contributed by atoms with van der Waals surface area (Å²) >= 11 is 0. The Morgan fingerprint density at radius 2 is 0.895 bits per heavy atom. The number of nitrogens with zero attached hydrogens (tertiary/aromatic N) is 1. The van der Waals surface area contributed by atoms with E-state index in [1.54, 1.807) is 42.5 Å². The second-order valence-corrected chi connectivity index (χ2v) is 9.03. The van der Waals surface area contributed by atoms with Crippen LogP contribution >= 0.6 is 0 Å². The Hall–Kier alpha value is -5.36. The van der Waals surface area contributed by atoms with Gasteiger partial charge in [-0.1, -0.05) is 24.3 Å². The topological polar surface area (TPSA) is 98.7 Å². The minimum Gasteiger partial charge on any atom is -0.457 e. The third kappa shape index (κ3) is 4.14. The van der Waals surface area contributed by atoms with Gasteiger partial charge in [0.2, 0.25) is 0 Å². The summed E-state index contributed by atoms with van der Waals surface area (Å²) in [6, 6.07) is 34.8. The Labute approximate surface area is 219 Å². The van der Waals surface area contributed by atoms with Gasteiger partial charge in [-0.25, -0.2) is 0 Å². The number of hydrogen-bond acceptors (Lipinski definition) is 6. The molecule has 6 heteroatoms. The lowest BCUT2D eigenvalue weighted by molar-refractivity contribution is 0.0979. The quantitative estimate of drug-likeness (QED) is 0.252. The molecule has 38 heavy (non-hydrogen) atoms. The molecular weight excluding hydrogens is 474 g/mol. The third-order valence-electron chi connectivity index (χ3n) is 6.53. The zero-order chi connectivity index (χ0) is 26.2. The van der Waals surface area contributed by atoms with Crippen molar-refractivity contribution in [3.63, 3.8) is 0 Å². The molecule has 0 aromatic heterocycles. The lowest BCUT2D eigenvalue weighted by Gasteiger charge is -2.26. The number of nitrogen functional groups attached to an aromatic ring is 2. The summed E-state index contributed by atoms with van der Waals surface area (Å²) in [4.78, 5) is 28.0. The fourth-order valence-electron chi connectivity index (χ4n) is 4.64. The average Bonchev–Trinajstić information content (AvgIpc) is 2.95. The number of carbonyl (C=O) groups excluding carboxylic acids is 2. The van der Waals surface area contributed by atoms with Gasteiger partial charge in [0.25, 0.3) is 0 Å². The highest BCUT2D eigenvalue weighted by molar-refractivity contribution is 6.28. The van der Waals surface area contributed by atoms with Crippen molar-refractivity contribution in [3.8, 4) is 11.5 Å². The van der Waals surface area contributed by atoms with E-state index in [1.807, 2.05) is 72.8 Å². The first kappa shape index (κ1) is 23.1. The van der Waals surface area contributed by atoms with Crippen LogP contribution in [0.2, 0.25) is 0 Å². The highest BCUT2D eigenvalue weighted by Gasteiger charge is 2.29. The molecule has 184 valence electrons. The minimum absolute atomic E-state index is 0.156. The summed E-state index contributed by atoms with van der Waals surface area (Å²) in [5.74, 6) is 0.736. The van der Waals surface area contributed by atoms with Crippen LogP contribution in [0, 0.1) is 0 Å². The van der Waals surface area contributed by atoms with Crippen LogP contribution in [0.25, 0.3) is 0 Å². The van der Waals surface area contributed by atoms with Gasteiger partial charge in [-0.2, -0.15) is 0 Å². The zero-order valence-corrected chi connectivity index (χ0v) is 20.3. The Balaban J connectivity index is 1.29. The number of nitrogens with two attached hydrogens (primary N) is 2. The lowest BCUT2D eigenvalue weighted by Crippen LogP contribution is -2.20. The SMILES string of the molecule is Nc1ccc(N(c2ccc(N)cc2)c2ccc(Oc3ccc4c(c3)C(=O)c3ccccc3C4=O)cc2)cc1. The van der Waals surface area contributed by atoms with Crippen LogP contribution in [-0.2, 0) is 0 Å². The lowest BCUT2D eigenvalue weighted by atomic mass is 9.84. The number of carbonyl (C=O) groups is 2. The molecule has 0 amide bonds. The van der Waals surface area contributed by atoms with Crippen molar-refractivity contribution in [1.82, 2.24) is 0 Å². The van der Waals surface area contributed by atoms with Crippen molar-refractivity contribution >= 4 is 40.0 Å². The molecule has 0 aliphatic heterocycles. The van der Waals surface area contributed by atoms with Crippen LogP contribution in [0.1, 0.15) is 31.8 Å². The maximum atomic E-state index is 13.1. The zero-order valence-electron chi connectivity index (χ0n) is 20.3. The van der Waals surface area contributed by atoms with Gasteiger partial charge in [-0.15, -0.1) is 0 Å².